The number of aliphatic carboxylic acids is 1. The van der Waals surface area contributed by atoms with E-state index in [1.165, 1.54) is 6.07 Å². The minimum Gasteiger partial charge on any atom is -0.481 e. The molecule has 1 N–H and O–H groups in total. The second kappa shape index (κ2) is 4.77. The van der Waals surface area contributed by atoms with Crippen molar-refractivity contribution < 1.29 is 19.2 Å². The van der Waals surface area contributed by atoms with E-state index in [0.29, 0.717) is 25.4 Å². The van der Waals surface area contributed by atoms with Crippen LogP contribution in [0.5, 0.6) is 0 Å². The monoisotopic (exact) mass is 254 g/mol. The van der Waals surface area contributed by atoms with Crippen molar-refractivity contribution in [1.29, 1.82) is 0 Å². The van der Waals surface area contributed by atoms with E-state index in [1.54, 1.807) is 6.07 Å². The van der Waals surface area contributed by atoms with Crippen molar-refractivity contribution in [2.24, 2.45) is 11.8 Å². The molecule has 2 rings (SSSR count). The molecule has 1 aliphatic rings. The van der Waals surface area contributed by atoms with Crippen LogP contribution in [-0.2, 0) is 11.3 Å². The van der Waals surface area contributed by atoms with E-state index >= 15 is 0 Å². The van der Waals surface area contributed by atoms with Gasteiger partial charge in [-0.15, -0.1) is 0 Å². The molecule has 0 aromatic carbocycles. The zero-order valence-electron chi connectivity index (χ0n) is 9.91. The van der Waals surface area contributed by atoms with Gasteiger partial charge in [-0.1, -0.05) is 6.92 Å². The lowest BCUT2D eigenvalue weighted by atomic mass is 9.99. The smallest absolute Gasteiger partial charge is 0.433 e. The summed E-state index contributed by atoms with van der Waals surface area (Å²) in [5.74, 6) is -0.898. The third-order valence-corrected chi connectivity index (χ3v) is 3.21. The third-order valence-electron chi connectivity index (χ3n) is 3.21. The Hall–Kier alpha value is -1.89. The van der Waals surface area contributed by atoms with Crippen molar-refractivity contribution in [3.63, 3.8) is 0 Å². The maximum atomic E-state index is 11.0. The highest BCUT2D eigenvalue weighted by molar-refractivity contribution is 5.71. The highest BCUT2D eigenvalue weighted by atomic mass is 16.6. The van der Waals surface area contributed by atoms with Gasteiger partial charge in [-0.3, -0.25) is 19.8 Å². The molecule has 7 heteroatoms. The van der Waals surface area contributed by atoms with Gasteiger partial charge < -0.3 is 9.52 Å². The number of carbonyl (C=O) groups is 1. The molecule has 18 heavy (non-hydrogen) atoms. The van der Waals surface area contributed by atoms with Gasteiger partial charge in [0.15, 0.2) is 0 Å². The maximum absolute atomic E-state index is 11.0. The van der Waals surface area contributed by atoms with E-state index in [4.69, 9.17) is 9.52 Å². The fourth-order valence-corrected chi connectivity index (χ4v) is 2.29. The van der Waals surface area contributed by atoms with E-state index < -0.39 is 10.9 Å². The molecule has 0 radical (unpaired) electrons. The summed E-state index contributed by atoms with van der Waals surface area (Å²) in [6.45, 7) is 3.40. The molecule has 0 saturated carbocycles. The lowest BCUT2D eigenvalue weighted by molar-refractivity contribution is -0.402. The summed E-state index contributed by atoms with van der Waals surface area (Å²) in [6.07, 6.45) is 0. The third kappa shape index (κ3) is 2.51. The number of rotatable bonds is 4. The Morgan fingerprint density at radius 3 is 2.83 bits per heavy atom. The second-order valence-corrected chi connectivity index (χ2v) is 4.61. The fourth-order valence-electron chi connectivity index (χ4n) is 2.29. The zero-order valence-corrected chi connectivity index (χ0v) is 9.91. The molecule has 0 bridgehead atoms. The first-order chi connectivity index (χ1) is 8.47. The average molecular weight is 254 g/mol. The van der Waals surface area contributed by atoms with Crippen LogP contribution in [0.25, 0.3) is 0 Å². The number of nitrogens with zero attached hydrogens (tertiary/aromatic N) is 2. The van der Waals surface area contributed by atoms with Gasteiger partial charge in [-0.05, 0) is 12.0 Å². The van der Waals surface area contributed by atoms with Crippen LogP contribution in [0.1, 0.15) is 12.7 Å². The van der Waals surface area contributed by atoms with Crippen molar-refractivity contribution in [3.05, 3.63) is 28.0 Å². The van der Waals surface area contributed by atoms with Crippen LogP contribution in [-0.4, -0.2) is 34.0 Å². The zero-order chi connectivity index (χ0) is 13.3. The molecule has 7 nitrogen and oxygen atoms in total. The van der Waals surface area contributed by atoms with Crippen LogP contribution in [0.15, 0.2) is 16.5 Å². The summed E-state index contributed by atoms with van der Waals surface area (Å²) in [5.41, 5.74) is 0. The van der Waals surface area contributed by atoms with Gasteiger partial charge in [0.2, 0.25) is 0 Å². The minimum atomic E-state index is -0.796. The standard InChI is InChI=1S/C11H14N2O5/c1-7-4-12(6-9(7)11(14)15)5-8-2-3-10(18-8)13(16)17/h2-3,7,9H,4-6H2,1H3,(H,14,15). The molecule has 1 saturated heterocycles. The van der Waals surface area contributed by atoms with E-state index in [-0.39, 0.29) is 17.7 Å². The number of hydrogen-bond donors (Lipinski definition) is 1. The average Bonchev–Trinajstić information content (AvgIpc) is 2.86. The second-order valence-electron chi connectivity index (χ2n) is 4.61. The molecule has 0 amide bonds. The van der Waals surface area contributed by atoms with Gasteiger partial charge in [-0.2, -0.15) is 0 Å². The van der Waals surface area contributed by atoms with E-state index in [2.05, 4.69) is 0 Å². The predicted octanol–water partition coefficient (Wildman–Crippen LogP) is 1.34. The molecule has 98 valence electrons. The summed E-state index contributed by atoms with van der Waals surface area (Å²) < 4.78 is 5.05. The van der Waals surface area contributed by atoms with Gasteiger partial charge >= 0.3 is 11.9 Å². The molecule has 1 fully saturated rings. The Kier molecular flexibility index (Phi) is 3.33. The predicted molar refractivity (Wildman–Crippen MR) is 60.9 cm³/mol. The summed E-state index contributed by atoms with van der Waals surface area (Å²) >= 11 is 0. The lowest BCUT2D eigenvalue weighted by Crippen LogP contribution is -2.22. The molecule has 1 aliphatic heterocycles. The van der Waals surface area contributed by atoms with Crippen LogP contribution >= 0.6 is 0 Å². The van der Waals surface area contributed by atoms with Crippen LogP contribution < -0.4 is 0 Å². The Morgan fingerprint density at radius 2 is 2.33 bits per heavy atom. The van der Waals surface area contributed by atoms with Gasteiger partial charge in [0.25, 0.3) is 0 Å². The summed E-state index contributed by atoms with van der Waals surface area (Å²) in [4.78, 5) is 22.8. The number of hydrogen-bond acceptors (Lipinski definition) is 5. The van der Waals surface area contributed by atoms with E-state index in [9.17, 15) is 14.9 Å². The first kappa shape index (κ1) is 12.6. The molecule has 1 aromatic rings. The molecular weight excluding hydrogens is 240 g/mol. The van der Waals surface area contributed by atoms with Gasteiger partial charge in [0.05, 0.1) is 18.5 Å². The largest absolute Gasteiger partial charge is 0.481 e. The first-order valence-corrected chi connectivity index (χ1v) is 5.65. The number of carboxylic acid groups (broad SMARTS) is 1. The lowest BCUT2D eigenvalue weighted by Gasteiger charge is -2.12. The Balaban J connectivity index is 1.98. The maximum Gasteiger partial charge on any atom is 0.433 e. The van der Waals surface area contributed by atoms with Crippen molar-refractivity contribution >= 4 is 11.9 Å². The first-order valence-electron chi connectivity index (χ1n) is 5.65. The molecule has 2 heterocycles. The number of furan rings is 1. The Morgan fingerprint density at radius 1 is 1.61 bits per heavy atom. The van der Waals surface area contributed by atoms with Crippen LogP contribution in [0.4, 0.5) is 5.88 Å². The van der Waals surface area contributed by atoms with Crippen LogP contribution in [0.3, 0.4) is 0 Å². The molecule has 2 unspecified atom stereocenters. The number of nitro groups is 1. The normalized spacial score (nSPS) is 24.3. The van der Waals surface area contributed by atoms with Gasteiger partial charge in [-0.25, -0.2) is 0 Å². The Labute approximate surface area is 103 Å². The van der Waals surface area contributed by atoms with Gasteiger partial charge in [0, 0.05) is 13.1 Å². The van der Waals surface area contributed by atoms with Crippen molar-refractivity contribution in [3.8, 4) is 0 Å². The molecule has 0 aliphatic carbocycles. The van der Waals surface area contributed by atoms with E-state index in [1.807, 2.05) is 11.8 Å². The Bertz CT molecular complexity index is 470. The summed E-state index contributed by atoms with van der Waals surface area (Å²) in [7, 11) is 0. The topological polar surface area (TPSA) is 96.8 Å². The molecular formula is C11H14N2O5. The quantitative estimate of drug-likeness (QED) is 0.643. The highest BCUT2D eigenvalue weighted by Gasteiger charge is 2.35. The highest BCUT2D eigenvalue weighted by Crippen LogP contribution is 2.26. The number of likely N-dealkylation sites (tertiary alicyclic amines) is 1. The van der Waals surface area contributed by atoms with Gasteiger partial charge in [0.1, 0.15) is 10.7 Å². The van der Waals surface area contributed by atoms with Crippen LogP contribution in [0, 0.1) is 22.0 Å². The van der Waals surface area contributed by atoms with Crippen molar-refractivity contribution in [1.82, 2.24) is 4.90 Å². The van der Waals surface area contributed by atoms with Crippen LogP contribution in [0.2, 0.25) is 0 Å². The minimum absolute atomic E-state index is 0.0763. The SMILES string of the molecule is CC1CN(Cc2ccc([N+](=O)[O-])o2)CC1C(=O)O. The van der Waals surface area contributed by atoms with Crippen molar-refractivity contribution in [2.45, 2.75) is 13.5 Å². The molecule has 2 atom stereocenters. The fraction of sp³-hybridized carbons (Fsp3) is 0.545. The van der Waals surface area contributed by atoms with E-state index in [0.717, 1.165) is 0 Å². The number of carboxylic acids is 1. The molecule has 0 spiro atoms. The summed E-state index contributed by atoms with van der Waals surface area (Å²) in [6, 6.07) is 2.86. The van der Waals surface area contributed by atoms with Crippen molar-refractivity contribution in [2.75, 3.05) is 13.1 Å². The molecule has 1 aromatic heterocycles. The summed E-state index contributed by atoms with van der Waals surface area (Å²) in [5, 5.41) is 19.5.